The average molecular weight is 405 g/mol. The molecular formula is C27H48O2. The zero-order valence-corrected chi connectivity index (χ0v) is 20.1. The molecule has 168 valence electrons. The van der Waals surface area contributed by atoms with Gasteiger partial charge in [0, 0.05) is 0 Å². The smallest absolute Gasteiger partial charge is 0.0622 e. The van der Waals surface area contributed by atoms with E-state index in [1.807, 2.05) is 13.8 Å². The standard InChI is InChI=1S/C27H48O2/c1-18(11-13-24(2,3)28)21-9-10-22-20-8-7-19-17-25(4,29)15-16-26(19,5)23(20)12-14-27(21,22)6/h18-23,28-29H,7-17H2,1-6H3/t18-,19-,20?,21?,22?,23?,25+,26+,27-/m1/s1. The molecule has 0 radical (unpaired) electrons. The van der Waals surface area contributed by atoms with Gasteiger partial charge in [-0.3, -0.25) is 0 Å². The van der Waals surface area contributed by atoms with E-state index in [0.29, 0.717) is 10.8 Å². The van der Waals surface area contributed by atoms with E-state index >= 15 is 0 Å². The molecule has 0 aromatic carbocycles. The first-order valence-corrected chi connectivity index (χ1v) is 12.8. The third-order valence-corrected chi connectivity index (χ3v) is 10.9. The topological polar surface area (TPSA) is 40.5 Å². The van der Waals surface area contributed by atoms with Crippen molar-refractivity contribution in [3.8, 4) is 0 Å². The average Bonchev–Trinajstić information content (AvgIpc) is 2.97. The molecule has 29 heavy (non-hydrogen) atoms. The Morgan fingerprint density at radius 1 is 0.897 bits per heavy atom. The van der Waals surface area contributed by atoms with Crippen LogP contribution in [0.4, 0.5) is 0 Å². The first-order chi connectivity index (χ1) is 13.4. The minimum atomic E-state index is -0.528. The number of hydrogen-bond donors (Lipinski definition) is 2. The Kier molecular flexibility index (Phi) is 5.51. The summed E-state index contributed by atoms with van der Waals surface area (Å²) in [5.41, 5.74) is 0.0369. The van der Waals surface area contributed by atoms with Crippen LogP contribution in [-0.2, 0) is 0 Å². The Labute approximate surface area is 180 Å². The van der Waals surface area contributed by atoms with Crippen LogP contribution < -0.4 is 0 Å². The van der Waals surface area contributed by atoms with Crippen molar-refractivity contribution in [3.05, 3.63) is 0 Å². The van der Waals surface area contributed by atoms with Crippen LogP contribution in [0.3, 0.4) is 0 Å². The second kappa shape index (κ2) is 7.22. The van der Waals surface area contributed by atoms with E-state index in [1.54, 1.807) is 0 Å². The van der Waals surface area contributed by atoms with Crippen molar-refractivity contribution >= 4 is 0 Å². The SMILES string of the molecule is C[C@H](CCC(C)(C)O)C1CCC2C3CC[C@@H]4C[C@@](C)(O)CC[C@]4(C)C3CC[C@@]21C. The molecule has 2 nitrogen and oxygen atoms in total. The Morgan fingerprint density at radius 3 is 2.28 bits per heavy atom. The molecule has 0 aliphatic heterocycles. The number of rotatable bonds is 4. The minimum Gasteiger partial charge on any atom is -0.390 e. The molecular weight excluding hydrogens is 356 g/mol. The van der Waals surface area contributed by atoms with Crippen molar-refractivity contribution in [2.75, 3.05) is 0 Å². The van der Waals surface area contributed by atoms with Gasteiger partial charge in [-0.1, -0.05) is 20.8 Å². The molecule has 0 amide bonds. The Hall–Kier alpha value is -0.0800. The van der Waals surface area contributed by atoms with Crippen molar-refractivity contribution < 1.29 is 10.2 Å². The molecule has 9 atom stereocenters. The zero-order chi connectivity index (χ0) is 21.2. The minimum absolute atomic E-state index is 0.422. The fraction of sp³-hybridized carbons (Fsp3) is 1.00. The third-order valence-electron chi connectivity index (χ3n) is 10.9. The first-order valence-electron chi connectivity index (χ1n) is 12.8. The monoisotopic (exact) mass is 404 g/mol. The molecule has 0 bridgehead atoms. The Balaban J connectivity index is 1.49. The summed E-state index contributed by atoms with van der Waals surface area (Å²) >= 11 is 0. The molecule has 0 aromatic rings. The van der Waals surface area contributed by atoms with Crippen LogP contribution in [0.1, 0.15) is 112 Å². The van der Waals surface area contributed by atoms with E-state index in [-0.39, 0.29) is 0 Å². The van der Waals surface area contributed by atoms with Gasteiger partial charge in [0.25, 0.3) is 0 Å². The molecule has 4 saturated carbocycles. The van der Waals surface area contributed by atoms with Gasteiger partial charge in [-0.15, -0.1) is 0 Å². The zero-order valence-electron chi connectivity index (χ0n) is 20.1. The molecule has 2 heteroatoms. The van der Waals surface area contributed by atoms with Gasteiger partial charge < -0.3 is 10.2 Å². The lowest BCUT2D eigenvalue weighted by Gasteiger charge is -2.62. The quantitative estimate of drug-likeness (QED) is 0.555. The fourth-order valence-corrected chi connectivity index (χ4v) is 9.19. The van der Waals surface area contributed by atoms with Gasteiger partial charge in [0.15, 0.2) is 0 Å². The predicted molar refractivity (Wildman–Crippen MR) is 121 cm³/mol. The molecule has 4 aliphatic carbocycles. The lowest BCUT2D eigenvalue weighted by Crippen LogP contribution is -2.55. The van der Waals surface area contributed by atoms with Gasteiger partial charge >= 0.3 is 0 Å². The van der Waals surface area contributed by atoms with Crippen LogP contribution in [0.25, 0.3) is 0 Å². The lowest BCUT2D eigenvalue weighted by molar-refractivity contribution is -0.148. The maximum Gasteiger partial charge on any atom is 0.0622 e. The van der Waals surface area contributed by atoms with Crippen LogP contribution in [-0.4, -0.2) is 21.4 Å². The number of aliphatic hydroxyl groups is 2. The molecule has 4 fully saturated rings. The van der Waals surface area contributed by atoms with Gasteiger partial charge in [-0.05, 0) is 138 Å². The molecule has 0 aromatic heterocycles. The number of hydrogen-bond acceptors (Lipinski definition) is 2. The van der Waals surface area contributed by atoms with Gasteiger partial charge in [-0.25, -0.2) is 0 Å². The first kappa shape index (κ1) is 22.1. The molecule has 4 aliphatic rings. The summed E-state index contributed by atoms with van der Waals surface area (Å²) in [5, 5.41) is 20.9. The fourth-order valence-electron chi connectivity index (χ4n) is 9.19. The largest absolute Gasteiger partial charge is 0.390 e. The highest BCUT2D eigenvalue weighted by Crippen LogP contribution is 2.68. The van der Waals surface area contributed by atoms with E-state index in [2.05, 4.69) is 27.7 Å². The molecule has 0 spiro atoms. The Morgan fingerprint density at radius 2 is 1.59 bits per heavy atom. The van der Waals surface area contributed by atoms with Crippen LogP contribution in [0, 0.1) is 46.3 Å². The lowest BCUT2D eigenvalue weighted by atomic mass is 9.43. The predicted octanol–water partition coefficient (Wildman–Crippen LogP) is 6.58. The summed E-state index contributed by atoms with van der Waals surface area (Å²) in [5.74, 6) is 5.03. The summed E-state index contributed by atoms with van der Waals surface area (Å²) in [4.78, 5) is 0. The van der Waals surface area contributed by atoms with Crippen molar-refractivity contribution in [3.63, 3.8) is 0 Å². The highest BCUT2D eigenvalue weighted by molar-refractivity contribution is 5.10. The number of fused-ring (bicyclic) bond motifs is 5. The Bertz CT molecular complexity index is 604. The van der Waals surface area contributed by atoms with Crippen LogP contribution in [0.15, 0.2) is 0 Å². The van der Waals surface area contributed by atoms with Crippen LogP contribution in [0.5, 0.6) is 0 Å². The van der Waals surface area contributed by atoms with Gasteiger partial charge in [0.2, 0.25) is 0 Å². The highest BCUT2D eigenvalue weighted by atomic mass is 16.3. The van der Waals surface area contributed by atoms with Crippen molar-refractivity contribution in [2.24, 2.45) is 46.3 Å². The molecule has 0 heterocycles. The van der Waals surface area contributed by atoms with E-state index in [4.69, 9.17) is 0 Å². The molecule has 4 unspecified atom stereocenters. The normalized spacial score (nSPS) is 51.1. The van der Waals surface area contributed by atoms with E-state index < -0.39 is 11.2 Å². The van der Waals surface area contributed by atoms with E-state index in [1.165, 1.54) is 51.4 Å². The maximum atomic E-state index is 10.7. The second-order valence-corrected chi connectivity index (χ2v) is 13.4. The van der Waals surface area contributed by atoms with E-state index in [0.717, 1.165) is 54.8 Å². The molecule has 4 rings (SSSR count). The second-order valence-electron chi connectivity index (χ2n) is 13.4. The van der Waals surface area contributed by atoms with Crippen molar-refractivity contribution in [1.82, 2.24) is 0 Å². The van der Waals surface area contributed by atoms with Gasteiger partial charge in [0.1, 0.15) is 0 Å². The summed E-state index contributed by atoms with van der Waals surface area (Å²) in [6, 6.07) is 0. The highest BCUT2D eigenvalue weighted by Gasteiger charge is 2.61. The summed E-state index contributed by atoms with van der Waals surface area (Å²) in [7, 11) is 0. The third kappa shape index (κ3) is 3.84. The van der Waals surface area contributed by atoms with Gasteiger partial charge in [-0.2, -0.15) is 0 Å². The van der Waals surface area contributed by atoms with Gasteiger partial charge in [0.05, 0.1) is 11.2 Å². The van der Waals surface area contributed by atoms with Crippen LogP contribution in [0.2, 0.25) is 0 Å². The van der Waals surface area contributed by atoms with Crippen LogP contribution >= 0.6 is 0 Å². The molecule has 2 N–H and O–H groups in total. The summed E-state index contributed by atoms with van der Waals surface area (Å²) < 4.78 is 0. The molecule has 0 saturated heterocycles. The van der Waals surface area contributed by atoms with Crippen molar-refractivity contribution in [2.45, 2.75) is 123 Å². The van der Waals surface area contributed by atoms with E-state index in [9.17, 15) is 10.2 Å². The summed E-state index contributed by atoms with van der Waals surface area (Å²) in [6.45, 7) is 13.7. The summed E-state index contributed by atoms with van der Waals surface area (Å²) in [6.07, 6.45) is 13.8. The van der Waals surface area contributed by atoms with Crippen molar-refractivity contribution in [1.29, 1.82) is 0 Å². The maximum absolute atomic E-state index is 10.7.